The lowest BCUT2D eigenvalue weighted by molar-refractivity contribution is -0.143. The maximum Gasteiger partial charge on any atom is 0.240 e. The fourth-order valence-corrected chi connectivity index (χ4v) is 3.98. The van der Waals surface area contributed by atoms with Crippen molar-refractivity contribution in [3.8, 4) is 0 Å². The minimum Gasteiger partial charge on any atom is -0.399 e. The van der Waals surface area contributed by atoms with Crippen LogP contribution in [0.1, 0.15) is 31.7 Å². The summed E-state index contributed by atoms with van der Waals surface area (Å²) in [6.07, 6.45) is 3.38. The first kappa shape index (κ1) is 17.5. The Balaban J connectivity index is 1.51. The second kappa shape index (κ2) is 7.25. The average molecular weight is 343 g/mol. The molecule has 1 aromatic rings. The van der Waals surface area contributed by atoms with Crippen LogP contribution < -0.4 is 11.1 Å². The van der Waals surface area contributed by atoms with Gasteiger partial charge in [0.15, 0.2) is 0 Å². The van der Waals surface area contributed by atoms with Crippen molar-refractivity contribution in [2.24, 2.45) is 17.8 Å². The van der Waals surface area contributed by atoms with Crippen molar-refractivity contribution in [3.63, 3.8) is 0 Å². The second-order valence-corrected chi connectivity index (χ2v) is 7.14. The smallest absolute Gasteiger partial charge is 0.240 e. The number of carbonyl (C=O) groups excluding carboxylic acids is 3. The van der Waals surface area contributed by atoms with Crippen molar-refractivity contribution in [1.29, 1.82) is 0 Å². The molecule has 1 saturated carbocycles. The van der Waals surface area contributed by atoms with Crippen LogP contribution in [0.15, 0.2) is 24.3 Å². The number of fused-ring (bicyclic) bond motifs is 1. The quantitative estimate of drug-likeness (QED) is 0.623. The molecule has 1 aromatic carbocycles. The largest absolute Gasteiger partial charge is 0.399 e. The van der Waals surface area contributed by atoms with E-state index >= 15 is 0 Å². The van der Waals surface area contributed by atoms with Crippen molar-refractivity contribution < 1.29 is 14.4 Å². The first-order chi connectivity index (χ1) is 12.0. The van der Waals surface area contributed by atoms with Crippen LogP contribution in [0.4, 0.5) is 5.69 Å². The molecule has 2 fully saturated rings. The lowest BCUT2D eigenvalue weighted by atomic mass is 9.74. The standard InChI is InChI=1S/C19H25N3O3/c1-12-3-2-4-15-17(12)19(25)22(18(15)24)11-16(23)21-10-9-13-5-7-14(20)8-6-13/h5-8,12,15,17H,2-4,9-11,20H2,1H3,(H,21,23)/t12-,15?,17?/m1/s1. The number of hydrogen-bond donors (Lipinski definition) is 2. The van der Waals surface area contributed by atoms with E-state index in [2.05, 4.69) is 5.32 Å². The van der Waals surface area contributed by atoms with E-state index in [0.717, 1.165) is 29.7 Å². The fraction of sp³-hybridized carbons (Fsp3) is 0.526. The Bertz CT molecular complexity index is 671. The molecule has 0 aromatic heterocycles. The van der Waals surface area contributed by atoms with E-state index in [1.165, 1.54) is 0 Å². The number of hydrogen-bond acceptors (Lipinski definition) is 4. The van der Waals surface area contributed by atoms with Crippen molar-refractivity contribution in [3.05, 3.63) is 29.8 Å². The number of imide groups is 1. The summed E-state index contributed by atoms with van der Waals surface area (Å²) in [6.45, 7) is 2.32. The molecule has 25 heavy (non-hydrogen) atoms. The summed E-state index contributed by atoms with van der Waals surface area (Å²) >= 11 is 0. The second-order valence-electron chi connectivity index (χ2n) is 7.14. The lowest BCUT2D eigenvalue weighted by Gasteiger charge is -2.27. The van der Waals surface area contributed by atoms with E-state index < -0.39 is 0 Å². The van der Waals surface area contributed by atoms with Crippen molar-refractivity contribution in [2.45, 2.75) is 32.6 Å². The Morgan fingerprint density at radius 1 is 1.20 bits per heavy atom. The van der Waals surface area contributed by atoms with Gasteiger partial charge >= 0.3 is 0 Å². The zero-order valence-corrected chi connectivity index (χ0v) is 14.5. The maximum absolute atomic E-state index is 12.5. The normalized spacial score (nSPS) is 25.8. The molecule has 1 aliphatic carbocycles. The van der Waals surface area contributed by atoms with Crippen LogP contribution in [-0.2, 0) is 20.8 Å². The zero-order chi connectivity index (χ0) is 18.0. The van der Waals surface area contributed by atoms with Crippen molar-refractivity contribution in [2.75, 3.05) is 18.8 Å². The molecule has 0 bridgehead atoms. The topological polar surface area (TPSA) is 92.5 Å². The SMILES string of the molecule is C[C@@H]1CCCC2C(=O)N(CC(=O)NCCc3ccc(N)cc3)C(=O)C21. The number of nitrogens with two attached hydrogens (primary N) is 1. The predicted molar refractivity (Wildman–Crippen MR) is 94.3 cm³/mol. The van der Waals surface area contributed by atoms with Gasteiger partial charge in [-0.3, -0.25) is 19.3 Å². The van der Waals surface area contributed by atoms with Gasteiger partial charge in [-0.05, 0) is 42.9 Å². The maximum atomic E-state index is 12.5. The van der Waals surface area contributed by atoms with E-state index in [4.69, 9.17) is 5.73 Å². The molecule has 3 amide bonds. The minimum absolute atomic E-state index is 0.168. The van der Waals surface area contributed by atoms with E-state index in [0.29, 0.717) is 18.7 Å². The summed E-state index contributed by atoms with van der Waals surface area (Å²) in [5.74, 6) is -0.869. The zero-order valence-electron chi connectivity index (χ0n) is 14.5. The molecule has 1 aliphatic heterocycles. The van der Waals surface area contributed by atoms with Crippen LogP contribution in [0, 0.1) is 17.8 Å². The molecule has 134 valence electrons. The third-order valence-corrected chi connectivity index (χ3v) is 5.37. The van der Waals surface area contributed by atoms with Gasteiger partial charge in [0.05, 0.1) is 11.8 Å². The highest BCUT2D eigenvalue weighted by atomic mass is 16.2. The van der Waals surface area contributed by atoms with Crippen LogP contribution >= 0.6 is 0 Å². The molecule has 3 atom stereocenters. The van der Waals surface area contributed by atoms with E-state index in [1.807, 2.05) is 31.2 Å². The predicted octanol–water partition coefficient (Wildman–Crippen LogP) is 1.35. The molecule has 6 nitrogen and oxygen atoms in total. The molecule has 2 aliphatic rings. The Morgan fingerprint density at radius 3 is 2.60 bits per heavy atom. The van der Waals surface area contributed by atoms with Gasteiger partial charge < -0.3 is 11.1 Å². The van der Waals surface area contributed by atoms with Crippen LogP contribution in [0.25, 0.3) is 0 Å². The van der Waals surface area contributed by atoms with Gasteiger partial charge in [0.25, 0.3) is 0 Å². The van der Waals surface area contributed by atoms with Crippen LogP contribution in [0.3, 0.4) is 0 Å². The molecule has 0 radical (unpaired) electrons. The Labute approximate surface area is 147 Å². The molecule has 3 rings (SSSR count). The molecular weight excluding hydrogens is 318 g/mol. The number of anilines is 1. The highest BCUT2D eigenvalue weighted by Gasteiger charge is 2.51. The summed E-state index contributed by atoms with van der Waals surface area (Å²) < 4.78 is 0. The fourth-order valence-electron chi connectivity index (χ4n) is 3.98. The third-order valence-electron chi connectivity index (χ3n) is 5.37. The molecule has 3 N–H and O–H groups in total. The number of nitrogen functional groups attached to an aromatic ring is 1. The number of carbonyl (C=O) groups is 3. The number of nitrogens with zero attached hydrogens (tertiary/aromatic N) is 1. The van der Waals surface area contributed by atoms with Crippen LogP contribution in [0.2, 0.25) is 0 Å². The minimum atomic E-state index is -0.288. The summed E-state index contributed by atoms with van der Waals surface area (Å²) in [7, 11) is 0. The van der Waals surface area contributed by atoms with Crippen molar-refractivity contribution >= 4 is 23.4 Å². The summed E-state index contributed by atoms with van der Waals surface area (Å²) in [6, 6.07) is 7.48. The molecule has 1 heterocycles. The number of nitrogens with one attached hydrogen (secondary N) is 1. The van der Waals surface area contributed by atoms with Gasteiger partial charge in [-0.15, -0.1) is 0 Å². The first-order valence-electron chi connectivity index (χ1n) is 8.93. The highest BCUT2D eigenvalue weighted by molar-refractivity contribution is 6.07. The molecule has 1 saturated heterocycles. The summed E-state index contributed by atoms with van der Waals surface area (Å²) in [5, 5.41) is 2.79. The van der Waals surface area contributed by atoms with Gasteiger partial charge in [0.1, 0.15) is 6.54 Å². The summed E-state index contributed by atoms with van der Waals surface area (Å²) in [4.78, 5) is 38.3. The number of amides is 3. The molecular formula is C19H25N3O3. The molecule has 6 heteroatoms. The van der Waals surface area contributed by atoms with E-state index in [1.54, 1.807) is 0 Å². The van der Waals surface area contributed by atoms with Crippen LogP contribution in [0.5, 0.6) is 0 Å². The van der Waals surface area contributed by atoms with Gasteiger partial charge in [0, 0.05) is 12.2 Å². The van der Waals surface area contributed by atoms with Gasteiger partial charge in [-0.25, -0.2) is 0 Å². The van der Waals surface area contributed by atoms with Gasteiger partial charge in [0.2, 0.25) is 17.7 Å². The van der Waals surface area contributed by atoms with E-state index in [9.17, 15) is 14.4 Å². The average Bonchev–Trinajstić information content (AvgIpc) is 2.83. The number of rotatable bonds is 5. The number of benzene rings is 1. The lowest BCUT2D eigenvalue weighted by Crippen LogP contribution is -2.41. The monoisotopic (exact) mass is 343 g/mol. The highest BCUT2D eigenvalue weighted by Crippen LogP contribution is 2.41. The Morgan fingerprint density at radius 2 is 1.92 bits per heavy atom. The third kappa shape index (κ3) is 3.67. The Kier molecular flexibility index (Phi) is 5.06. The molecule has 0 spiro atoms. The van der Waals surface area contributed by atoms with Crippen molar-refractivity contribution in [1.82, 2.24) is 10.2 Å². The van der Waals surface area contributed by atoms with Crippen LogP contribution in [-0.4, -0.2) is 35.7 Å². The first-order valence-corrected chi connectivity index (χ1v) is 8.93. The van der Waals surface area contributed by atoms with Gasteiger partial charge in [-0.1, -0.05) is 25.5 Å². The Hall–Kier alpha value is -2.37. The summed E-state index contributed by atoms with van der Waals surface area (Å²) in [5.41, 5.74) is 7.42. The molecule has 2 unspecified atom stereocenters. The van der Waals surface area contributed by atoms with E-state index in [-0.39, 0.29) is 42.0 Å². The van der Waals surface area contributed by atoms with Gasteiger partial charge in [-0.2, -0.15) is 0 Å². The number of likely N-dealkylation sites (tertiary alicyclic amines) is 1.